The molecule has 0 aliphatic carbocycles. The zero-order valence-corrected chi connectivity index (χ0v) is 14.4. The average Bonchev–Trinajstić information content (AvgIpc) is 3.00. The fourth-order valence-electron chi connectivity index (χ4n) is 3.32. The van der Waals surface area contributed by atoms with Crippen molar-refractivity contribution in [1.82, 2.24) is 4.90 Å². The van der Waals surface area contributed by atoms with E-state index in [0.29, 0.717) is 6.54 Å². The van der Waals surface area contributed by atoms with Gasteiger partial charge in [-0.2, -0.15) is 0 Å². The van der Waals surface area contributed by atoms with Crippen LogP contribution < -0.4 is 4.74 Å². The van der Waals surface area contributed by atoms with Crippen LogP contribution in [0.5, 0.6) is 5.75 Å². The van der Waals surface area contributed by atoms with Crippen molar-refractivity contribution in [3.8, 4) is 5.75 Å². The molecule has 0 spiro atoms. The Kier molecular flexibility index (Phi) is 6.23. The van der Waals surface area contributed by atoms with Gasteiger partial charge in [-0.15, -0.1) is 12.4 Å². The lowest BCUT2D eigenvalue weighted by Crippen LogP contribution is -2.23. The number of benzene rings is 2. The lowest BCUT2D eigenvalue weighted by Gasteiger charge is -2.17. The van der Waals surface area contributed by atoms with E-state index in [9.17, 15) is 9.90 Å². The molecule has 1 heterocycles. The smallest absolute Gasteiger partial charge is 0.308 e. The highest BCUT2D eigenvalue weighted by Gasteiger charge is 2.38. The summed E-state index contributed by atoms with van der Waals surface area (Å²) in [6.45, 7) is 2.11. The van der Waals surface area contributed by atoms with Crippen molar-refractivity contribution < 1.29 is 14.6 Å². The number of carboxylic acids is 1. The van der Waals surface area contributed by atoms with E-state index in [1.807, 2.05) is 42.5 Å². The third kappa shape index (κ3) is 4.08. The maximum absolute atomic E-state index is 11.7. The van der Waals surface area contributed by atoms with Crippen molar-refractivity contribution in [1.29, 1.82) is 0 Å². The molecule has 3 rings (SSSR count). The quantitative estimate of drug-likeness (QED) is 0.900. The molecular formula is C19H22ClNO3. The predicted molar refractivity (Wildman–Crippen MR) is 95.8 cm³/mol. The number of nitrogens with zero attached hydrogens (tertiary/aromatic N) is 1. The molecule has 0 saturated carbocycles. The van der Waals surface area contributed by atoms with E-state index in [4.69, 9.17) is 4.74 Å². The second-order valence-electron chi connectivity index (χ2n) is 6.01. The zero-order valence-electron chi connectivity index (χ0n) is 13.6. The molecule has 1 saturated heterocycles. The van der Waals surface area contributed by atoms with Crippen LogP contribution in [0.25, 0.3) is 0 Å². The molecule has 1 fully saturated rings. The predicted octanol–water partition coefficient (Wildman–Crippen LogP) is 3.42. The molecule has 1 N–H and O–H groups in total. The van der Waals surface area contributed by atoms with Gasteiger partial charge in [-0.05, 0) is 23.3 Å². The second-order valence-corrected chi connectivity index (χ2v) is 6.01. The van der Waals surface area contributed by atoms with Crippen LogP contribution in [-0.4, -0.2) is 36.2 Å². The van der Waals surface area contributed by atoms with Gasteiger partial charge in [0.1, 0.15) is 5.75 Å². The van der Waals surface area contributed by atoms with Gasteiger partial charge in [-0.1, -0.05) is 42.5 Å². The van der Waals surface area contributed by atoms with E-state index in [0.717, 1.165) is 24.4 Å². The summed E-state index contributed by atoms with van der Waals surface area (Å²) in [7, 11) is 1.63. The Labute approximate surface area is 148 Å². The van der Waals surface area contributed by atoms with E-state index in [2.05, 4.69) is 17.0 Å². The average molecular weight is 348 g/mol. The molecule has 2 atom stereocenters. The summed E-state index contributed by atoms with van der Waals surface area (Å²) < 4.78 is 5.27. The number of hydrogen-bond acceptors (Lipinski definition) is 3. The number of ether oxygens (including phenoxy) is 1. The monoisotopic (exact) mass is 347 g/mol. The van der Waals surface area contributed by atoms with Crippen molar-refractivity contribution in [2.24, 2.45) is 5.92 Å². The zero-order chi connectivity index (χ0) is 16.2. The van der Waals surface area contributed by atoms with E-state index in [1.165, 1.54) is 5.56 Å². The first-order valence-electron chi connectivity index (χ1n) is 7.80. The van der Waals surface area contributed by atoms with Gasteiger partial charge in [0.2, 0.25) is 0 Å². The van der Waals surface area contributed by atoms with Gasteiger partial charge in [0, 0.05) is 25.6 Å². The molecule has 0 amide bonds. The van der Waals surface area contributed by atoms with Crippen molar-refractivity contribution in [2.75, 3.05) is 20.2 Å². The van der Waals surface area contributed by atoms with E-state index in [1.54, 1.807) is 7.11 Å². The summed E-state index contributed by atoms with van der Waals surface area (Å²) in [6.07, 6.45) is 0. The SMILES string of the molecule is COc1cccc(C2CN(Cc3ccccc3)CC2C(=O)O)c1.Cl. The van der Waals surface area contributed by atoms with Gasteiger partial charge in [0.05, 0.1) is 13.0 Å². The minimum atomic E-state index is -0.728. The van der Waals surface area contributed by atoms with Crippen LogP contribution in [0.4, 0.5) is 0 Å². The minimum absolute atomic E-state index is 0. The summed E-state index contributed by atoms with van der Waals surface area (Å²) in [5.41, 5.74) is 2.25. The largest absolute Gasteiger partial charge is 0.497 e. The minimum Gasteiger partial charge on any atom is -0.497 e. The third-order valence-corrected chi connectivity index (χ3v) is 4.48. The van der Waals surface area contributed by atoms with Gasteiger partial charge in [-0.25, -0.2) is 0 Å². The number of aliphatic carboxylic acids is 1. The number of carbonyl (C=O) groups is 1. The maximum Gasteiger partial charge on any atom is 0.308 e. The maximum atomic E-state index is 11.7. The van der Waals surface area contributed by atoms with Crippen LogP contribution in [0.15, 0.2) is 54.6 Å². The molecule has 0 bridgehead atoms. The summed E-state index contributed by atoms with van der Waals surface area (Å²) in [5, 5.41) is 9.60. The van der Waals surface area contributed by atoms with Crippen molar-refractivity contribution in [3.05, 3.63) is 65.7 Å². The molecule has 2 unspecified atom stereocenters. The van der Waals surface area contributed by atoms with Gasteiger partial charge < -0.3 is 9.84 Å². The van der Waals surface area contributed by atoms with E-state index >= 15 is 0 Å². The number of likely N-dealkylation sites (tertiary alicyclic amines) is 1. The first-order valence-corrected chi connectivity index (χ1v) is 7.80. The fourth-order valence-corrected chi connectivity index (χ4v) is 3.32. The molecular weight excluding hydrogens is 326 g/mol. The molecule has 1 aliphatic heterocycles. The molecule has 0 aromatic heterocycles. The Hall–Kier alpha value is -2.04. The lowest BCUT2D eigenvalue weighted by atomic mass is 9.89. The molecule has 0 radical (unpaired) electrons. The van der Waals surface area contributed by atoms with Crippen molar-refractivity contribution in [3.63, 3.8) is 0 Å². The van der Waals surface area contributed by atoms with Crippen molar-refractivity contribution >= 4 is 18.4 Å². The van der Waals surface area contributed by atoms with Gasteiger partial charge in [0.25, 0.3) is 0 Å². The van der Waals surface area contributed by atoms with Crippen LogP contribution in [0.1, 0.15) is 17.0 Å². The Morgan fingerprint density at radius 2 is 1.92 bits per heavy atom. The molecule has 5 heteroatoms. The summed E-state index contributed by atoms with van der Waals surface area (Å²) >= 11 is 0. The Bertz CT molecular complexity index is 677. The number of rotatable bonds is 5. The number of hydrogen-bond donors (Lipinski definition) is 1. The van der Waals surface area contributed by atoms with Crippen LogP contribution in [0.3, 0.4) is 0 Å². The highest BCUT2D eigenvalue weighted by Crippen LogP contribution is 2.35. The molecule has 24 heavy (non-hydrogen) atoms. The van der Waals surface area contributed by atoms with Gasteiger partial charge >= 0.3 is 5.97 Å². The topological polar surface area (TPSA) is 49.8 Å². The number of halogens is 1. The van der Waals surface area contributed by atoms with Crippen LogP contribution in [0, 0.1) is 5.92 Å². The number of carboxylic acid groups (broad SMARTS) is 1. The Morgan fingerprint density at radius 1 is 1.17 bits per heavy atom. The highest BCUT2D eigenvalue weighted by molar-refractivity contribution is 5.85. The molecule has 4 nitrogen and oxygen atoms in total. The van der Waals surface area contributed by atoms with Crippen LogP contribution in [-0.2, 0) is 11.3 Å². The third-order valence-electron chi connectivity index (χ3n) is 4.48. The van der Waals surface area contributed by atoms with E-state index < -0.39 is 5.97 Å². The van der Waals surface area contributed by atoms with E-state index in [-0.39, 0.29) is 24.2 Å². The number of methoxy groups -OCH3 is 1. The summed E-state index contributed by atoms with van der Waals surface area (Å²) in [4.78, 5) is 13.9. The van der Waals surface area contributed by atoms with Crippen LogP contribution in [0.2, 0.25) is 0 Å². The fraction of sp³-hybridized carbons (Fsp3) is 0.316. The summed E-state index contributed by atoms with van der Waals surface area (Å²) in [6, 6.07) is 17.9. The Balaban J connectivity index is 0.00000208. The second kappa shape index (κ2) is 8.18. The Morgan fingerprint density at radius 3 is 2.58 bits per heavy atom. The first-order chi connectivity index (χ1) is 11.2. The van der Waals surface area contributed by atoms with Gasteiger partial charge in [-0.3, -0.25) is 9.69 Å². The molecule has 2 aromatic carbocycles. The highest BCUT2D eigenvalue weighted by atomic mass is 35.5. The lowest BCUT2D eigenvalue weighted by molar-refractivity contribution is -0.141. The van der Waals surface area contributed by atoms with Crippen molar-refractivity contribution in [2.45, 2.75) is 12.5 Å². The van der Waals surface area contributed by atoms with Gasteiger partial charge in [0.15, 0.2) is 0 Å². The molecule has 128 valence electrons. The first kappa shape index (κ1) is 18.3. The standard InChI is InChI=1S/C19H21NO3.ClH/c1-23-16-9-5-8-15(10-16)17-12-20(13-18(17)19(21)22)11-14-6-3-2-4-7-14;/h2-10,17-18H,11-13H2,1H3,(H,21,22);1H. The van der Waals surface area contributed by atoms with Crippen LogP contribution >= 0.6 is 12.4 Å². The molecule has 2 aromatic rings. The summed E-state index contributed by atoms with van der Waals surface area (Å²) in [5.74, 6) is -0.348. The normalized spacial score (nSPS) is 20.4. The molecule has 1 aliphatic rings.